The average Bonchev–Trinajstić information content (AvgIpc) is 2.74. The Hall–Kier alpha value is -2.42. The number of hydrogen-bond acceptors (Lipinski definition) is 5. The van der Waals surface area contributed by atoms with Crippen LogP contribution in [-0.2, 0) is 10.0 Å². The molecule has 1 aliphatic heterocycles. The predicted molar refractivity (Wildman–Crippen MR) is 105 cm³/mol. The van der Waals surface area contributed by atoms with Crippen molar-refractivity contribution >= 4 is 15.8 Å². The van der Waals surface area contributed by atoms with E-state index in [-0.39, 0.29) is 10.7 Å². The first-order chi connectivity index (χ1) is 13.4. The number of quaternary nitrogens is 1. The number of piperazine rings is 1. The molecule has 2 aromatic rings. The van der Waals surface area contributed by atoms with Crippen LogP contribution < -0.4 is 14.4 Å². The summed E-state index contributed by atoms with van der Waals surface area (Å²) in [6, 6.07) is 13.5. The molecule has 0 bridgehead atoms. The van der Waals surface area contributed by atoms with Gasteiger partial charge in [-0.25, -0.2) is 8.42 Å². The molecule has 0 amide bonds. The molecule has 8 heteroatoms. The number of rotatable bonds is 7. The standard InChI is InChI=1S/C20H24N2O5S/c1-26-17-6-8-19(9-7-17)28(24,25)22-12-10-21(11-13-22)15-20(23)16-4-3-5-18(14-16)27-2/h3-9,14H,10-13,15H2,1-2H3/p+1. The van der Waals surface area contributed by atoms with Gasteiger partial charge in [0.25, 0.3) is 0 Å². The molecule has 1 N–H and O–H groups in total. The van der Waals surface area contributed by atoms with Gasteiger partial charge in [-0.3, -0.25) is 4.79 Å². The van der Waals surface area contributed by atoms with E-state index in [4.69, 9.17) is 9.47 Å². The zero-order valence-corrected chi connectivity index (χ0v) is 16.9. The molecule has 2 aromatic carbocycles. The highest BCUT2D eigenvalue weighted by molar-refractivity contribution is 7.89. The van der Waals surface area contributed by atoms with Gasteiger partial charge >= 0.3 is 0 Å². The van der Waals surface area contributed by atoms with E-state index in [1.54, 1.807) is 62.8 Å². The van der Waals surface area contributed by atoms with Gasteiger partial charge in [0.05, 0.1) is 45.3 Å². The van der Waals surface area contributed by atoms with Crippen LogP contribution in [0.3, 0.4) is 0 Å². The number of nitrogens with zero attached hydrogens (tertiary/aromatic N) is 1. The molecule has 0 radical (unpaired) electrons. The van der Waals surface area contributed by atoms with Gasteiger partial charge < -0.3 is 14.4 Å². The lowest BCUT2D eigenvalue weighted by atomic mass is 10.1. The van der Waals surface area contributed by atoms with Gasteiger partial charge in [0, 0.05) is 5.56 Å². The van der Waals surface area contributed by atoms with Crippen molar-refractivity contribution in [1.29, 1.82) is 0 Å². The number of Topliss-reactive ketones (excluding diaryl/α,β-unsaturated/α-hetero) is 1. The van der Waals surface area contributed by atoms with Crippen LogP contribution in [0.5, 0.6) is 11.5 Å². The summed E-state index contributed by atoms with van der Waals surface area (Å²) in [5.41, 5.74) is 0.611. The van der Waals surface area contributed by atoms with Crippen LogP contribution >= 0.6 is 0 Å². The fourth-order valence-corrected chi connectivity index (χ4v) is 4.68. The number of hydrogen-bond donors (Lipinski definition) is 1. The van der Waals surface area contributed by atoms with Crippen LogP contribution in [0.1, 0.15) is 10.4 Å². The number of sulfonamides is 1. The third-order valence-electron chi connectivity index (χ3n) is 4.93. The van der Waals surface area contributed by atoms with Gasteiger partial charge in [0.2, 0.25) is 15.8 Å². The third-order valence-corrected chi connectivity index (χ3v) is 6.84. The number of ketones is 1. The third kappa shape index (κ3) is 4.52. The smallest absolute Gasteiger partial charge is 0.243 e. The number of nitrogens with one attached hydrogen (secondary N) is 1. The van der Waals surface area contributed by atoms with E-state index >= 15 is 0 Å². The maximum absolute atomic E-state index is 12.8. The van der Waals surface area contributed by atoms with Crippen molar-refractivity contribution in [2.24, 2.45) is 0 Å². The van der Waals surface area contributed by atoms with E-state index in [1.807, 2.05) is 0 Å². The van der Waals surface area contributed by atoms with Gasteiger partial charge in [-0.05, 0) is 36.4 Å². The van der Waals surface area contributed by atoms with Gasteiger partial charge in [0.15, 0.2) is 0 Å². The Morgan fingerprint density at radius 1 is 1.00 bits per heavy atom. The molecule has 1 heterocycles. The summed E-state index contributed by atoms with van der Waals surface area (Å²) in [5, 5.41) is 0. The first-order valence-electron chi connectivity index (χ1n) is 9.09. The highest BCUT2D eigenvalue weighted by Gasteiger charge is 2.31. The topological polar surface area (TPSA) is 77.4 Å². The van der Waals surface area contributed by atoms with E-state index in [1.165, 1.54) is 4.31 Å². The average molecular weight is 405 g/mol. The normalized spacial score (nSPS) is 15.9. The molecule has 0 aromatic heterocycles. The van der Waals surface area contributed by atoms with Crippen LogP contribution in [0.4, 0.5) is 0 Å². The molecule has 7 nitrogen and oxygen atoms in total. The maximum atomic E-state index is 12.8. The maximum Gasteiger partial charge on any atom is 0.243 e. The number of ether oxygens (including phenoxy) is 2. The zero-order chi connectivity index (χ0) is 20.1. The van der Waals surface area contributed by atoms with Gasteiger partial charge in [0.1, 0.15) is 18.0 Å². The van der Waals surface area contributed by atoms with E-state index in [0.717, 1.165) is 4.90 Å². The molecule has 1 fully saturated rings. The monoisotopic (exact) mass is 405 g/mol. The second kappa shape index (κ2) is 8.72. The van der Waals surface area contributed by atoms with Crippen molar-refractivity contribution in [3.05, 3.63) is 54.1 Å². The Kier molecular flexibility index (Phi) is 6.33. The Morgan fingerprint density at radius 2 is 1.64 bits per heavy atom. The van der Waals surface area contributed by atoms with Gasteiger partial charge in [-0.1, -0.05) is 12.1 Å². The number of carbonyl (C=O) groups is 1. The van der Waals surface area contributed by atoms with Crippen LogP contribution in [0, 0.1) is 0 Å². The zero-order valence-electron chi connectivity index (χ0n) is 16.1. The molecule has 0 unspecified atom stereocenters. The summed E-state index contributed by atoms with van der Waals surface area (Å²) in [6.07, 6.45) is 0. The lowest BCUT2D eigenvalue weighted by molar-refractivity contribution is -0.895. The summed E-state index contributed by atoms with van der Waals surface area (Å²) in [4.78, 5) is 13.9. The molecule has 150 valence electrons. The van der Waals surface area contributed by atoms with Crippen molar-refractivity contribution in [1.82, 2.24) is 4.31 Å². The molecule has 3 rings (SSSR count). The fraction of sp³-hybridized carbons (Fsp3) is 0.350. The first-order valence-corrected chi connectivity index (χ1v) is 10.5. The second-order valence-electron chi connectivity index (χ2n) is 6.66. The fourth-order valence-electron chi connectivity index (χ4n) is 3.24. The summed E-state index contributed by atoms with van der Waals surface area (Å²) in [6.45, 7) is 2.28. The predicted octanol–water partition coefficient (Wildman–Crippen LogP) is 0.476. The molecule has 0 atom stereocenters. The Morgan fingerprint density at radius 3 is 2.25 bits per heavy atom. The highest BCUT2D eigenvalue weighted by atomic mass is 32.2. The van der Waals surface area contributed by atoms with E-state index < -0.39 is 10.0 Å². The lowest BCUT2D eigenvalue weighted by Gasteiger charge is -2.31. The largest absolute Gasteiger partial charge is 0.497 e. The lowest BCUT2D eigenvalue weighted by Crippen LogP contribution is -3.15. The number of carbonyl (C=O) groups excluding carboxylic acids is 1. The van der Waals surface area contributed by atoms with Crippen LogP contribution in [0.25, 0.3) is 0 Å². The van der Waals surface area contributed by atoms with Gasteiger partial charge in [-0.2, -0.15) is 4.31 Å². The molecule has 1 aliphatic rings. The highest BCUT2D eigenvalue weighted by Crippen LogP contribution is 2.19. The van der Waals surface area contributed by atoms with Crippen molar-refractivity contribution in [2.45, 2.75) is 4.90 Å². The summed E-state index contributed by atoms with van der Waals surface area (Å²) < 4.78 is 37.3. The molecular formula is C20H25N2O5S+. The Labute approximate surface area is 165 Å². The molecule has 1 saturated heterocycles. The van der Waals surface area contributed by atoms with Crippen molar-refractivity contribution < 1.29 is 27.6 Å². The van der Waals surface area contributed by atoms with Crippen molar-refractivity contribution in [3.8, 4) is 11.5 Å². The first kappa shape index (κ1) is 20.3. The van der Waals surface area contributed by atoms with Crippen molar-refractivity contribution in [2.75, 3.05) is 46.9 Å². The van der Waals surface area contributed by atoms with Gasteiger partial charge in [-0.15, -0.1) is 0 Å². The number of benzene rings is 2. The molecule has 0 spiro atoms. The SMILES string of the molecule is COc1ccc(S(=O)(=O)N2CC[NH+](CC(=O)c3cccc(OC)c3)CC2)cc1. The minimum absolute atomic E-state index is 0.0281. The molecule has 28 heavy (non-hydrogen) atoms. The van der Waals surface area contributed by atoms with E-state index in [9.17, 15) is 13.2 Å². The summed E-state index contributed by atoms with van der Waals surface area (Å²) >= 11 is 0. The van der Waals surface area contributed by atoms with Crippen molar-refractivity contribution in [3.63, 3.8) is 0 Å². The quantitative estimate of drug-likeness (QED) is 0.678. The van der Waals surface area contributed by atoms with E-state index in [2.05, 4.69) is 0 Å². The van der Waals surface area contributed by atoms with Crippen LogP contribution in [-0.4, -0.2) is 65.4 Å². The summed E-state index contributed by atoms with van der Waals surface area (Å²) in [5.74, 6) is 1.29. The second-order valence-corrected chi connectivity index (χ2v) is 8.60. The van der Waals surface area contributed by atoms with E-state index in [0.29, 0.717) is 49.8 Å². The summed E-state index contributed by atoms with van der Waals surface area (Å²) in [7, 11) is -0.430. The Bertz CT molecular complexity index is 920. The molecule has 0 saturated carbocycles. The molecule has 0 aliphatic carbocycles. The van der Waals surface area contributed by atoms with Crippen LogP contribution in [0.15, 0.2) is 53.4 Å². The molecular weight excluding hydrogens is 380 g/mol. The number of methoxy groups -OCH3 is 2. The Balaban J connectivity index is 1.59. The minimum atomic E-state index is -3.54. The van der Waals surface area contributed by atoms with Crippen LogP contribution in [0.2, 0.25) is 0 Å². The minimum Gasteiger partial charge on any atom is -0.497 e.